The highest BCUT2D eigenvalue weighted by Gasteiger charge is 2.20. The van der Waals surface area contributed by atoms with Crippen molar-refractivity contribution in [2.45, 2.75) is 25.7 Å². The van der Waals surface area contributed by atoms with Crippen LogP contribution in [-0.2, 0) is 6.42 Å². The van der Waals surface area contributed by atoms with Crippen LogP contribution in [0.3, 0.4) is 0 Å². The van der Waals surface area contributed by atoms with Crippen molar-refractivity contribution in [2.24, 2.45) is 0 Å². The first-order valence-corrected chi connectivity index (χ1v) is 8.90. The maximum atomic E-state index is 2.39. The predicted octanol–water partition coefficient (Wildman–Crippen LogP) is 6.56. The highest BCUT2D eigenvalue weighted by Crippen LogP contribution is 2.40. The zero-order valence-corrected chi connectivity index (χ0v) is 13.8. The van der Waals surface area contributed by atoms with Crippen LogP contribution in [0.2, 0.25) is 0 Å². The molecule has 0 amide bonds. The van der Waals surface area contributed by atoms with Crippen LogP contribution in [0.1, 0.15) is 30.4 Å². The Hall–Kier alpha value is -2.60. The van der Waals surface area contributed by atoms with Gasteiger partial charge in [-0.15, -0.1) is 0 Å². The molecule has 0 fully saturated rings. The Morgan fingerprint density at radius 3 is 2.50 bits per heavy atom. The lowest BCUT2D eigenvalue weighted by Crippen LogP contribution is -2.07. The largest absolute Gasteiger partial charge is 0.0836 e. The Morgan fingerprint density at radius 1 is 0.708 bits per heavy atom. The number of hydrogen-bond acceptors (Lipinski definition) is 0. The standard InChI is InChI=1S/C24H20/c1-2-6-17(7-3-1)20-11-10-19-13-14-22-21-9-5-4-8-18(21)12-15-23(22)24(19)16-20/h1-3,5-7,9-11,13-14,16H,4,8,12,15H2. The molecule has 0 heterocycles. The fourth-order valence-corrected chi connectivity index (χ4v) is 4.24. The van der Waals surface area contributed by atoms with E-state index in [4.69, 9.17) is 0 Å². The molecular weight excluding hydrogens is 288 g/mol. The molecule has 0 unspecified atom stereocenters. The number of benzene rings is 3. The summed E-state index contributed by atoms with van der Waals surface area (Å²) in [5, 5.41) is 2.79. The van der Waals surface area contributed by atoms with Crippen molar-refractivity contribution < 1.29 is 0 Å². The van der Waals surface area contributed by atoms with E-state index in [9.17, 15) is 0 Å². The molecule has 3 aromatic rings. The number of rotatable bonds is 1. The average molecular weight is 308 g/mol. The first kappa shape index (κ1) is 13.8. The lowest BCUT2D eigenvalue weighted by molar-refractivity contribution is 0.831. The third-order valence-corrected chi connectivity index (χ3v) is 5.49. The van der Waals surface area contributed by atoms with Crippen LogP contribution in [-0.4, -0.2) is 0 Å². The van der Waals surface area contributed by atoms with Crippen molar-refractivity contribution in [3.63, 3.8) is 0 Å². The SMILES string of the molecule is C1=CC2=C(CC1)CCc1c2ccc2ccc(-c3ccccc3)cc12. The second-order valence-electron chi connectivity index (χ2n) is 6.85. The molecule has 24 heavy (non-hydrogen) atoms. The van der Waals surface area contributed by atoms with Gasteiger partial charge in [0.25, 0.3) is 0 Å². The van der Waals surface area contributed by atoms with Gasteiger partial charge in [-0.05, 0) is 70.3 Å². The smallest absolute Gasteiger partial charge is 0.0139 e. The molecule has 0 atom stereocenters. The first-order valence-electron chi connectivity index (χ1n) is 8.90. The van der Waals surface area contributed by atoms with E-state index in [1.165, 1.54) is 64.3 Å². The van der Waals surface area contributed by atoms with Gasteiger partial charge >= 0.3 is 0 Å². The fourth-order valence-electron chi connectivity index (χ4n) is 4.24. The molecule has 116 valence electrons. The van der Waals surface area contributed by atoms with Crippen LogP contribution in [0, 0.1) is 0 Å². The topological polar surface area (TPSA) is 0 Å². The Labute approximate surface area is 143 Å². The van der Waals surface area contributed by atoms with Crippen LogP contribution in [0.4, 0.5) is 0 Å². The second-order valence-corrected chi connectivity index (χ2v) is 6.85. The van der Waals surface area contributed by atoms with E-state index in [1.54, 1.807) is 5.57 Å². The molecule has 0 bridgehead atoms. The van der Waals surface area contributed by atoms with Crippen LogP contribution < -0.4 is 0 Å². The summed E-state index contributed by atoms with van der Waals surface area (Å²) in [5.41, 5.74) is 8.76. The zero-order valence-electron chi connectivity index (χ0n) is 13.8. The van der Waals surface area contributed by atoms with Gasteiger partial charge in [-0.25, -0.2) is 0 Å². The quantitative estimate of drug-likeness (QED) is 0.478. The summed E-state index contributed by atoms with van der Waals surface area (Å²) in [7, 11) is 0. The van der Waals surface area contributed by atoms with Crippen LogP contribution >= 0.6 is 0 Å². The van der Waals surface area contributed by atoms with Crippen molar-refractivity contribution in [3.05, 3.63) is 89.5 Å². The normalized spacial score (nSPS) is 16.2. The average Bonchev–Trinajstić information content (AvgIpc) is 2.67. The number of hydrogen-bond donors (Lipinski definition) is 0. The zero-order chi connectivity index (χ0) is 15.9. The van der Waals surface area contributed by atoms with E-state index in [-0.39, 0.29) is 0 Å². The molecule has 5 rings (SSSR count). The van der Waals surface area contributed by atoms with Gasteiger partial charge in [0, 0.05) is 0 Å². The molecule has 0 radical (unpaired) electrons. The Morgan fingerprint density at radius 2 is 1.58 bits per heavy atom. The molecule has 0 spiro atoms. The van der Waals surface area contributed by atoms with E-state index >= 15 is 0 Å². The summed E-state index contributed by atoms with van der Waals surface area (Å²) in [5.74, 6) is 0. The third kappa shape index (κ3) is 2.14. The maximum Gasteiger partial charge on any atom is -0.0139 e. The van der Waals surface area contributed by atoms with Crippen molar-refractivity contribution in [1.82, 2.24) is 0 Å². The van der Waals surface area contributed by atoms with Gasteiger partial charge in [0.15, 0.2) is 0 Å². The van der Waals surface area contributed by atoms with Gasteiger partial charge in [0.2, 0.25) is 0 Å². The van der Waals surface area contributed by atoms with E-state index in [0.29, 0.717) is 0 Å². The van der Waals surface area contributed by atoms with Crippen LogP contribution in [0.15, 0.2) is 78.4 Å². The molecule has 0 aromatic heterocycles. The number of aryl methyl sites for hydroxylation is 1. The molecule has 0 aliphatic heterocycles. The fraction of sp³-hybridized carbons (Fsp3) is 0.167. The lowest BCUT2D eigenvalue weighted by Gasteiger charge is -2.25. The summed E-state index contributed by atoms with van der Waals surface area (Å²) in [6.45, 7) is 0. The van der Waals surface area contributed by atoms with Crippen molar-refractivity contribution in [1.29, 1.82) is 0 Å². The minimum atomic E-state index is 1.18. The number of fused-ring (bicyclic) bond motifs is 4. The molecule has 0 nitrogen and oxygen atoms in total. The van der Waals surface area contributed by atoms with Crippen LogP contribution in [0.5, 0.6) is 0 Å². The predicted molar refractivity (Wildman–Crippen MR) is 103 cm³/mol. The van der Waals surface area contributed by atoms with Crippen molar-refractivity contribution in [2.75, 3.05) is 0 Å². The Bertz CT molecular complexity index is 987. The maximum absolute atomic E-state index is 2.39. The van der Waals surface area contributed by atoms with Crippen LogP contribution in [0.25, 0.3) is 27.5 Å². The van der Waals surface area contributed by atoms with Gasteiger partial charge in [-0.2, -0.15) is 0 Å². The van der Waals surface area contributed by atoms with Crippen molar-refractivity contribution in [3.8, 4) is 11.1 Å². The molecule has 0 saturated heterocycles. The minimum Gasteiger partial charge on any atom is -0.0836 e. The molecular formula is C24H20. The molecule has 0 heteroatoms. The summed E-state index contributed by atoms with van der Waals surface area (Å²) < 4.78 is 0. The van der Waals surface area contributed by atoms with E-state index in [0.717, 1.165) is 0 Å². The highest BCUT2D eigenvalue weighted by atomic mass is 14.2. The number of allylic oxidation sites excluding steroid dienone is 4. The summed E-state index contributed by atoms with van der Waals surface area (Å²) in [4.78, 5) is 0. The lowest BCUT2D eigenvalue weighted by atomic mass is 9.79. The summed E-state index contributed by atoms with van der Waals surface area (Å²) in [6, 6.07) is 22.2. The third-order valence-electron chi connectivity index (χ3n) is 5.49. The molecule has 0 saturated carbocycles. The minimum absolute atomic E-state index is 1.18. The van der Waals surface area contributed by atoms with E-state index in [2.05, 4.69) is 72.8 Å². The van der Waals surface area contributed by atoms with Crippen molar-refractivity contribution >= 4 is 16.3 Å². The molecule has 0 N–H and O–H groups in total. The first-order chi connectivity index (χ1) is 11.9. The van der Waals surface area contributed by atoms with E-state index < -0.39 is 0 Å². The van der Waals surface area contributed by atoms with Gasteiger partial charge in [-0.3, -0.25) is 0 Å². The van der Waals surface area contributed by atoms with Gasteiger partial charge in [-0.1, -0.05) is 72.3 Å². The Kier molecular flexibility index (Phi) is 3.16. The molecule has 2 aliphatic carbocycles. The van der Waals surface area contributed by atoms with Gasteiger partial charge in [0.05, 0.1) is 0 Å². The monoisotopic (exact) mass is 308 g/mol. The molecule has 3 aromatic carbocycles. The Balaban J connectivity index is 1.73. The summed E-state index contributed by atoms with van der Waals surface area (Å²) in [6.07, 6.45) is 9.54. The van der Waals surface area contributed by atoms with E-state index in [1.807, 2.05) is 0 Å². The highest BCUT2D eigenvalue weighted by molar-refractivity contribution is 5.96. The van der Waals surface area contributed by atoms with Gasteiger partial charge < -0.3 is 0 Å². The summed E-state index contributed by atoms with van der Waals surface area (Å²) >= 11 is 0. The molecule has 2 aliphatic rings. The van der Waals surface area contributed by atoms with Gasteiger partial charge in [0.1, 0.15) is 0 Å². The second kappa shape index (κ2) is 5.49.